The number of rotatable bonds is 4. The second-order valence-electron chi connectivity index (χ2n) is 4.43. The molecule has 1 unspecified atom stereocenters. The Bertz CT molecular complexity index is 619. The number of hydrogen-bond acceptors (Lipinski definition) is 3. The van der Waals surface area contributed by atoms with Crippen molar-refractivity contribution in [2.75, 3.05) is 12.4 Å². The molecule has 20 heavy (non-hydrogen) atoms. The van der Waals surface area contributed by atoms with Gasteiger partial charge < -0.3 is 15.2 Å². The summed E-state index contributed by atoms with van der Waals surface area (Å²) in [5.74, 6) is 0.0274. The Labute approximate surface area is 122 Å². The van der Waals surface area contributed by atoms with Crippen molar-refractivity contribution in [1.82, 2.24) is 0 Å². The quantitative estimate of drug-likeness (QED) is 0.880. The molecule has 0 saturated heterocycles. The number of halogens is 2. The van der Waals surface area contributed by atoms with Crippen LogP contribution < -0.4 is 10.1 Å². The standard InChI is InChI=1S/C15H15ClFNO2/c1-9(10-3-5-13(17)12(16)7-10)18-11-4-6-15(20-2)14(19)8-11/h3-9,18-19H,1-2H3. The van der Waals surface area contributed by atoms with Crippen LogP contribution in [-0.2, 0) is 0 Å². The number of hydrogen-bond donors (Lipinski definition) is 2. The summed E-state index contributed by atoms with van der Waals surface area (Å²) in [4.78, 5) is 0. The van der Waals surface area contributed by atoms with Gasteiger partial charge in [0.15, 0.2) is 11.5 Å². The lowest BCUT2D eigenvalue weighted by Crippen LogP contribution is -2.06. The molecule has 0 aromatic heterocycles. The van der Waals surface area contributed by atoms with Crippen LogP contribution in [-0.4, -0.2) is 12.2 Å². The number of aromatic hydroxyl groups is 1. The molecule has 0 fully saturated rings. The van der Waals surface area contributed by atoms with Gasteiger partial charge >= 0.3 is 0 Å². The first-order valence-corrected chi connectivity index (χ1v) is 6.47. The van der Waals surface area contributed by atoms with E-state index in [0.717, 1.165) is 11.3 Å². The summed E-state index contributed by atoms with van der Waals surface area (Å²) in [5, 5.41) is 13.0. The molecule has 0 spiro atoms. The highest BCUT2D eigenvalue weighted by Crippen LogP contribution is 2.30. The third-order valence-electron chi connectivity index (χ3n) is 3.01. The summed E-state index contributed by atoms with van der Waals surface area (Å²) in [6.07, 6.45) is 0. The van der Waals surface area contributed by atoms with E-state index in [1.807, 2.05) is 6.92 Å². The molecule has 0 heterocycles. The zero-order valence-corrected chi connectivity index (χ0v) is 11.9. The fourth-order valence-electron chi connectivity index (χ4n) is 1.89. The topological polar surface area (TPSA) is 41.5 Å². The van der Waals surface area contributed by atoms with Crippen LogP contribution in [0.3, 0.4) is 0 Å². The highest BCUT2D eigenvalue weighted by Gasteiger charge is 2.09. The van der Waals surface area contributed by atoms with Gasteiger partial charge in [0.2, 0.25) is 0 Å². The maximum Gasteiger partial charge on any atom is 0.160 e. The first-order valence-electron chi connectivity index (χ1n) is 6.09. The van der Waals surface area contributed by atoms with Gasteiger partial charge in [-0.15, -0.1) is 0 Å². The second-order valence-corrected chi connectivity index (χ2v) is 4.83. The van der Waals surface area contributed by atoms with E-state index in [4.69, 9.17) is 16.3 Å². The number of benzene rings is 2. The van der Waals surface area contributed by atoms with Gasteiger partial charge in [-0.3, -0.25) is 0 Å². The average molecular weight is 296 g/mol. The Kier molecular flexibility index (Phi) is 4.35. The van der Waals surface area contributed by atoms with E-state index < -0.39 is 5.82 Å². The summed E-state index contributed by atoms with van der Waals surface area (Å²) >= 11 is 5.77. The second kappa shape index (κ2) is 6.01. The van der Waals surface area contributed by atoms with E-state index in [-0.39, 0.29) is 16.8 Å². The molecule has 0 radical (unpaired) electrons. The zero-order chi connectivity index (χ0) is 14.7. The number of methoxy groups -OCH3 is 1. The van der Waals surface area contributed by atoms with Crippen LogP contribution in [0.4, 0.5) is 10.1 Å². The largest absolute Gasteiger partial charge is 0.504 e. The van der Waals surface area contributed by atoms with Crippen molar-refractivity contribution < 1.29 is 14.2 Å². The van der Waals surface area contributed by atoms with Crippen molar-refractivity contribution in [3.63, 3.8) is 0 Å². The summed E-state index contributed by atoms with van der Waals surface area (Å²) in [6, 6.07) is 9.53. The van der Waals surface area contributed by atoms with Crippen molar-refractivity contribution in [2.24, 2.45) is 0 Å². The summed E-state index contributed by atoms with van der Waals surface area (Å²) in [5.41, 5.74) is 1.59. The minimum Gasteiger partial charge on any atom is -0.504 e. The van der Waals surface area contributed by atoms with Crippen LogP contribution in [0.25, 0.3) is 0 Å². The predicted molar refractivity (Wildman–Crippen MR) is 78.1 cm³/mol. The molecule has 1 atom stereocenters. The fourth-order valence-corrected chi connectivity index (χ4v) is 2.08. The van der Waals surface area contributed by atoms with Gasteiger partial charge in [0.25, 0.3) is 0 Å². The van der Waals surface area contributed by atoms with Crippen molar-refractivity contribution in [2.45, 2.75) is 13.0 Å². The van der Waals surface area contributed by atoms with Crippen LogP contribution in [0, 0.1) is 5.82 Å². The first kappa shape index (κ1) is 14.5. The van der Waals surface area contributed by atoms with Gasteiger partial charge in [-0.05, 0) is 36.8 Å². The molecule has 0 aliphatic rings. The molecule has 3 nitrogen and oxygen atoms in total. The summed E-state index contributed by atoms with van der Waals surface area (Å²) < 4.78 is 18.1. The van der Waals surface area contributed by atoms with Crippen molar-refractivity contribution in [1.29, 1.82) is 0 Å². The van der Waals surface area contributed by atoms with Gasteiger partial charge in [0.05, 0.1) is 12.1 Å². The van der Waals surface area contributed by atoms with E-state index in [9.17, 15) is 9.50 Å². The Morgan fingerprint density at radius 2 is 2.00 bits per heavy atom. The van der Waals surface area contributed by atoms with Gasteiger partial charge in [0, 0.05) is 17.8 Å². The molecule has 2 rings (SSSR count). The van der Waals surface area contributed by atoms with Crippen LogP contribution in [0.15, 0.2) is 36.4 Å². The van der Waals surface area contributed by atoms with Gasteiger partial charge in [-0.2, -0.15) is 0 Å². The lowest BCUT2D eigenvalue weighted by Gasteiger charge is -2.17. The molecule has 0 saturated carbocycles. The minimum absolute atomic E-state index is 0.0573. The van der Waals surface area contributed by atoms with E-state index in [1.165, 1.54) is 13.2 Å². The van der Waals surface area contributed by atoms with Crippen LogP contribution in [0.1, 0.15) is 18.5 Å². The average Bonchev–Trinajstić information content (AvgIpc) is 2.42. The van der Waals surface area contributed by atoms with Crippen LogP contribution in [0.2, 0.25) is 5.02 Å². The predicted octanol–water partition coefficient (Wildman–Crippen LogP) is 4.37. The van der Waals surface area contributed by atoms with Gasteiger partial charge in [-0.1, -0.05) is 17.7 Å². The number of anilines is 1. The monoisotopic (exact) mass is 295 g/mol. The van der Waals surface area contributed by atoms with E-state index in [0.29, 0.717) is 5.75 Å². The third kappa shape index (κ3) is 3.14. The lowest BCUT2D eigenvalue weighted by atomic mass is 10.1. The number of phenolic OH excluding ortho intramolecular Hbond substituents is 1. The highest BCUT2D eigenvalue weighted by atomic mass is 35.5. The molecule has 5 heteroatoms. The highest BCUT2D eigenvalue weighted by molar-refractivity contribution is 6.30. The van der Waals surface area contributed by atoms with E-state index >= 15 is 0 Å². The van der Waals surface area contributed by atoms with Gasteiger partial charge in [0.1, 0.15) is 5.82 Å². The number of nitrogens with one attached hydrogen (secondary N) is 1. The Balaban J connectivity index is 2.16. The van der Waals surface area contributed by atoms with E-state index in [2.05, 4.69) is 5.32 Å². The van der Waals surface area contributed by atoms with Crippen molar-refractivity contribution in [3.8, 4) is 11.5 Å². The maximum atomic E-state index is 13.1. The molecule has 2 aromatic carbocycles. The van der Waals surface area contributed by atoms with E-state index in [1.54, 1.807) is 30.3 Å². The van der Waals surface area contributed by atoms with Crippen molar-refractivity contribution >= 4 is 17.3 Å². The Morgan fingerprint density at radius 1 is 1.25 bits per heavy atom. The number of phenols is 1. The zero-order valence-electron chi connectivity index (χ0n) is 11.2. The molecule has 0 aliphatic carbocycles. The first-order chi connectivity index (χ1) is 9.51. The molecule has 2 aromatic rings. The molecule has 0 bridgehead atoms. The molecular formula is C15H15ClFNO2. The molecule has 0 amide bonds. The molecule has 2 N–H and O–H groups in total. The van der Waals surface area contributed by atoms with Crippen LogP contribution in [0.5, 0.6) is 11.5 Å². The maximum absolute atomic E-state index is 13.1. The normalized spacial score (nSPS) is 12.0. The fraction of sp³-hybridized carbons (Fsp3) is 0.200. The Hall–Kier alpha value is -1.94. The molecule has 0 aliphatic heterocycles. The summed E-state index contributed by atoms with van der Waals surface area (Å²) in [6.45, 7) is 1.92. The van der Waals surface area contributed by atoms with Crippen LogP contribution >= 0.6 is 11.6 Å². The number of ether oxygens (including phenoxy) is 1. The Morgan fingerprint density at radius 3 is 2.60 bits per heavy atom. The minimum atomic E-state index is -0.440. The molecule has 106 valence electrons. The van der Waals surface area contributed by atoms with Gasteiger partial charge in [-0.25, -0.2) is 4.39 Å². The third-order valence-corrected chi connectivity index (χ3v) is 3.30. The van der Waals surface area contributed by atoms with Crippen molar-refractivity contribution in [3.05, 3.63) is 52.8 Å². The molecular weight excluding hydrogens is 281 g/mol. The summed E-state index contributed by atoms with van der Waals surface area (Å²) in [7, 11) is 1.49. The smallest absolute Gasteiger partial charge is 0.160 e. The SMILES string of the molecule is COc1ccc(NC(C)c2ccc(F)c(Cl)c2)cc1O. The lowest BCUT2D eigenvalue weighted by molar-refractivity contribution is 0.373.